The molecule has 0 spiro atoms. The minimum atomic E-state index is -3.80. The predicted molar refractivity (Wildman–Crippen MR) is 106 cm³/mol. The summed E-state index contributed by atoms with van der Waals surface area (Å²) in [4.78, 5) is 8.39. The zero-order valence-electron chi connectivity index (χ0n) is 16.3. The number of hydrogen-bond acceptors (Lipinski definition) is 6. The third-order valence-electron chi connectivity index (χ3n) is 4.14. The van der Waals surface area contributed by atoms with Gasteiger partial charge in [0.05, 0.1) is 29.0 Å². The monoisotopic (exact) mass is 401 g/mol. The second kappa shape index (κ2) is 7.64. The van der Waals surface area contributed by atoms with Crippen molar-refractivity contribution in [2.75, 3.05) is 0 Å². The lowest BCUT2D eigenvalue weighted by Gasteiger charge is -2.00. The van der Waals surface area contributed by atoms with Crippen molar-refractivity contribution in [3.05, 3.63) is 53.2 Å². The van der Waals surface area contributed by atoms with Crippen molar-refractivity contribution >= 4 is 21.3 Å². The molecule has 148 valence electrons. The highest BCUT2D eigenvalue weighted by atomic mass is 32.2. The molecule has 4 heterocycles. The third-order valence-corrected chi connectivity index (χ3v) is 5.15. The Hall–Kier alpha value is -2.85. The van der Waals surface area contributed by atoms with Crippen molar-refractivity contribution in [3.63, 3.8) is 0 Å². The van der Waals surface area contributed by atoms with Crippen LogP contribution in [0.3, 0.4) is 0 Å². The molecule has 0 amide bonds. The van der Waals surface area contributed by atoms with Gasteiger partial charge in [0.2, 0.25) is 0 Å². The predicted octanol–water partition coefficient (Wildman–Crippen LogP) is 1.85. The van der Waals surface area contributed by atoms with E-state index in [4.69, 9.17) is 5.14 Å². The van der Waals surface area contributed by atoms with Crippen LogP contribution in [-0.4, -0.2) is 37.6 Å². The maximum Gasteiger partial charge on any atom is 0.257 e. The van der Waals surface area contributed by atoms with Crippen molar-refractivity contribution < 1.29 is 8.42 Å². The van der Waals surface area contributed by atoms with Crippen LogP contribution in [0.4, 0.5) is 0 Å². The van der Waals surface area contributed by atoms with Crippen LogP contribution in [0.5, 0.6) is 0 Å². The van der Waals surface area contributed by atoms with Crippen LogP contribution < -0.4 is 5.14 Å². The zero-order chi connectivity index (χ0) is 20.5. The van der Waals surface area contributed by atoms with E-state index in [-0.39, 0.29) is 5.03 Å². The molecule has 0 aliphatic rings. The average molecular weight is 401 g/mol. The van der Waals surface area contributed by atoms with Gasteiger partial charge in [-0.05, 0) is 51.0 Å². The molecule has 28 heavy (non-hydrogen) atoms. The van der Waals surface area contributed by atoms with Gasteiger partial charge in [0.15, 0.2) is 16.3 Å². The first-order valence-corrected chi connectivity index (χ1v) is 10.5. The fraction of sp³-hybridized carbons (Fsp3) is 0.333. The number of nitrogens with two attached hydrogens (primary N) is 1. The van der Waals surface area contributed by atoms with E-state index in [1.54, 1.807) is 13.0 Å². The standard InChI is InChI=1S/C9H12N4O2S.C9H11N3/c1-3-7-4-5-8-11-6(2)9(13(8)12-7)16(10,14)15;1-3-8-4-5-9-10-7(2)6-12(9)11-8/h4-5H,3H2,1-2H3,(H2,10,14,15);4-6H,3H2,1-2H3. The summed E-state index contributed by atoms with van der Waals surface area (Å²) in [6.45, 7) is 7.60. The number of fused-ring (bicyclic) bond motifs is 2. The van der Waals surface area contributed by atoms with Gasteiger partial charge in [-0.15, -0.1) is 0 Å². The first-order chi connectivity index (χ1) is 13.2. The first kappa shape index (κ1) is 19.9. The molecular formula is C18H23N7O2S. The summed E-state index contributed by atoms with van der Waals surface area (Å²) in [5.74, 6) is 0. The fourth-order valence-corrected chi connectivity index (χ4v) is 3.64. The van der Waals surface area contributed by atoms with Gasteiger partial charge in [-0.2, -0.15) is 10.2 Å². The number of aryl methyl sites for hydroxylation is 4. The first-order valence-electron chi connectivity index (χ1n) is 8.93. The average Bonchev–Trinajstić information content (AvgIpc) is 3.17. The number of nitrogens with zero attached hydrogens (tertiary/aromatic N) is 6. The molecule has 0 saturated carbocycles. The van der Waals surface area contributed by atoms with Gasteiger partial charge in [-0.1, -0.05) is 13.8 Å². The molecular weight excluding hydrogens is 378 g/mol. The Morgan fingerprint density at radius 3 is 2.14 bits per heavy atom. The van der Waals surface area contributed by atoms with Gasteiger partial charge in [0.1, 0.15) is 0 Å². The van der Waals surface area contributed by atoms with Crippen molar-refractivity contribution in [2.45, 2.75) is 45.6 Å². The van der Waals surface area contributed by atoms with Crippen LogP contribution in [0, 0.1) is 13.8 Å². The fourth-order valence-electron chi connectivity index (χ4n) is 2.80. The molecule has 0 aliphatic carbocycles. The Labute approximate surface area is 163 Å². The Morgan fingerprint density at radius 1 is 0.929 bits per heavy atom. The summed E-state index contributed by atoms with van der Waals surface area (Å²) in [7, 11) is -3.80. The van der Waals surface area contributed by atoms with E-state index < -0.39 is 10.0 Å². The Balaban J connectivity index is 0.000000167. The van der Waals surface area contributed by atoms with Crippen LogP contribution in [0.1, 0.15) is 36.6 Å². The van der Waals surface area contributed by atoms with Crippen molar-refractivity contribution in [1.82, 2.24) is 29.2 Å². The van der Waals surface area contributed by atoms with Gasteiger partial charge in [-0.25, -0.2) is 32.6 Å². The molecule has 0 bridgehead atoms. The minimum Gasteiger partial charge on any atom is -0.232 e. The molecule has 9 nitrogen and oxygen atoms in total. The van der Waals surface area contributed by atoms with Crippen LogP contribution in [0.2, 0.25) is 0 Å². The quantitative estimate of drug-likeness (QED) is 0.559. The minimum absolute atomic E-state index is 0.0437. The van der Waals surface area contributed by atoms with Crippen molar-refractivity contribution in [2.24, 2.45) is 5.14 Å². The number of aromatic nitrogens is 6. The summed E-state index contributed by atoms with van der Waals surface area (Å²) in [6.07, 6.45) is 3.62. The second-order valence-electron chi connectivity index (χ2n) is 6.36. The topological polar surface area (TPSA) is 121 Å². The maximum absolute atomic E-state index is 11.4. The molecule has 0 radical (unpaired) electrons. The van der Waals surface area contributed by atoms with E-state index in [1.165, 1.54) is 4.52 Å². The maximum atomic E-state index is 11.4. The lowest BCUT2D eigenvalue weighted by atomic mass is 10.3. The third kappa shape index (κ3) is 4.02. The summed E-state index contributed by atoms with van der Waals surface area (Å²) in [5.41, 5.74) is 4.66. The number of primary sulfonamides is 1. The Bertz CT molecular complexity index is 1240. The van der Waals surface area contributed by atoms with Crippen LogP contribution in [0.15, 0.2) is 35.5 Å². The van der Waals surface area contributed by atoms with Gasteiger partial charge in [-0.3, -0.25) is 0 Å². The summed E-state index contributed by atoms with van der Waals surface area (Å²) >= 11 is 0. The lowest BCUT2D eigenvalue weighted by Crippen LogP contribution is -2.17. The Kier molecular flexibility index (Phi) is 5.43. The van der Waals surface area contributed by atoms with Crippen LogP contribution in [0.25, 0.3) is 11.3 Å². The van der Waals surface area contributed by atoms with Gasteiger partial charge >= 0.3 is 0 Å². The van der Waals surface area contributed by atoms with E-state index in [2.05, 4.69) is 27.1 Å². The molecule has 0 aromatic carbocycles. The number of rotatable bonds is 3. The summed E-state index contributed by atoms with van der Waals surface area (Å²) in [5, 5.41) is 13.6. The molecule has 0 unspecified atom stereocenters. The highest BCUT2D eigenvalue weighted by molar-refractivity contribution is 7.89. The lowest BCUT2D eigenvalue weighted by molar-refractivity contribution is 0.588. The number of imidazole rings is 2. The second-order valence-corrected chi connectivity index (χ2v) is 7.84. The van der Waals surface area contributed by atoms with Crippen molar-refractivity contribution in [3.8, 4) is 0 Å². The van der Waals surface area contributed by atoms with E-state index in [9.17, 15) is 8.42 Å². The normalized spacial score (nSPS) is 11.6. The SMILES string of the molecule is CCc1ccc2nc(C)c(S(N)(=O)=O)n2n1.CCc1ccc2nc(C)cn2n1. The molecule has 0 aliphatic heterocycles. The molecule has 10 heteroatoms. The molecule has 2 N–H and O–H groups in total. The molecule has 4 aromatic heterocycles. The van der Waals surface area contributed by atoms with Gasteiger partial charge in [0.25, 0.3) is 10.0 Å². The Morgan fingerprint density at radius 2 is 1.54 bits per heavy atom. The van der Waals surface area contributed by atoms with Gasteiger partial charge in [0, 0.05) is 0 Å². The van der Waals surface area contributed by atoms with E-state index in [1.807, 2.05) is 42.8 Å². The summed E-state index contributed by atoms with van der Waals surface area (Å²) in [6, 6.07) is 7.56. The van der Waals surface area contributed by atoms with Crippen molar-refractivity contribution in [1.29, 1.82) is 0 Å². The molecule has 0 fully saturated rings. The summed E-state index contributed by atoms with van der Waals surface area (Å²) < 4.78 is 25.9. The smallest absolute Gasteiger partial charge is 0.232 e. The largest absolute Gasteiger partial charge is 0.257 e. The van der Waals surface area contributed by atoms with Crippen LogP contribution >= 0.6 is 0 Å². The molecule has 4 aromatic rings. The van der Waals surface area contributed by atoms with E-state index >= 15 is 0 Å². The molecule has 4 rings (SSSR count). The van der Waals surface area contributed by atoms with Crippen LogP contribution in [-0.2, 0) is 22.9 Å². The van der Waals surface area contributed by atoms with E-state index in [0.29, 0.717) is 11.3 Å². The molecule has 0 atom stereocenters. The highest BCUT2D eigenvalue weighted by Crippen LogP contribution is 2.15. The highest BCUT2D eigenvalue weighted by Gasteiger charge is 2.20. The number of sulfonamides is 1. The zero-order valence-corrected chi connectivity index (χ0v) is 17.1. The van der Waals surface area contributed by atoms with E-state index in [0.717, 1.165) is 35.6 Å². The number of hydrogen-bond donors (Lipinski definition) is 1. The molecule has 0 saturated heterocycles. The van der Waals surface area contributed by atoms with Gasteiger partial charge < -0.3 is 0 Å².